The highest BCUT2D eigenvalue weighted by molar-refractivity contribution is 5.25. The molecule has 110 valence electrons. The first-order valence-corrected chi connectivity index (χ1v) is 8.36. The molecule has 2 nitrogen and oxygen atoms in total. The monoisotopic (exact) mass is 272 g/mol. The van der Waals surface area contributed by atoms with E-state index >= 15 is 0 Å². The first kappa shape index (κ1) is 14.1. The summed E-state index contributed by atoms with van der Waals surface area (Å²) in [7, 11) is 0. The van der Waals surface area contributed by atoms with Gasteiger partial charge in [0.1, 0.15) is 0 Å². The molecule has 1 aromatic carbocycles. The quantitative estimate of drug-likeness (QED) is 0.905. The van der Waals surface area contributed by atoms with Crippen LogP contribution in [0.25, 0.3) is 0 Å². The summed E-state index contributed by atoms with van der Waals surface area (Å²) in [5.41, 5.74) is 2.92. The maximum atomic E-state index is 3.51. The highest BCUT2D eigenvalue weighted by atomic mass is 15.2. The van der Waals surface area contributed by atoms with Crippen LogP contribution in [0.4, 0.5) is 0 Å². The molecule has 0 aliphatic carbocycles. The fourth-order valence-electron chi connectivity index (χ4n) is 3.90. The van der Waals surface area contributed by atoms with Crippen LogP contribution in [-0.4, -0.2) is 31.1 Å². The first-order chi connectivity index (χ1) is 9.84. The number of rotatable bonds is 3. The van der Waals surface area contributed by atoms with Gasteiger partial charge in [-0.15, -0.1) is 0 Å². The molecule has 2 heteroatoms. The Kier molecular flexibility index (Phi) is 4.74. The number of likely N-dealkylation sites (tertiary alicyclic amines) is 1. The van der Waals surface area contributed by atoms with E-state index in [1.807, 2.05) is 0 Å². The summed E-state index contributed by atoms with van der Waals surface area (Å²) in [5.74, 6) is 0.831. The van der Waals surface area contributed by atoms with Crippen LogP contribution < -0.4 is 5.32 Å². The van der Waals surface area contributed by atoms with Crippen LogP contribution in [0.1, 0.15) is 49.3 Å². The molecule has 0 spiro atoms. The number of benzene rings is 1. The lowest BCUT2D eigenvalue weighted by Crippen LogP contribution is -2.41. The van der Waals surface area contributed by atoms with Crippen LogP contribution in [0.5, 0.6) is 0 Å². The summed E-state index contributed by atoms with van der Waals surface area (Å²) in [5, 5.41) is 3.51. The Morgan fingerprint density at radius 1 is 1.00 bits per heavy atom. The number of nitrogens with zero attached hydrogens (tertiary/aromatic N) is 1. The second-order valence-corrected chi connectivity index (χ2v) is 6.54. The van der Waals surface area contributed by atoms with Crippen LogP contribution in [0.15, 0.2) is 24.3 Å². The van der Waals surface area contributed by atoms with Crippen molar-refractivity contribution in [2.45, 2.75) is 45.1 Å². The van der Waals surface area contributed by atoms with Crippen molar-refractivity contribution in [1.29, 1.82) is 0 Å². The summed E-state index contributed by atoms with van der Waals surface area (Å²) in [4.78, 5) is 2.77. The summed E-state index contributed by atoms with van der Waals surface area (Å²) in [6.07, 6.45) is 6.84. The molecule has 2 saturated heterocycles. The van der Waals surface area contributed by atoms with Gasteiger partial charge in [0, 0.05) is 6.04 Å². The normalized spacial score (nSPS) is 23.6. The SMILES string of the molecule is Cc1ccc(C(C2CCNCC2)N2CCCCC2)cc1. The van der Waals surface area contributed by atoms with Gasteiger partial charge in [-0.25, -0.2) is 0 Å². The van der Waals surface area contributed by atoms with Gasteiger partial charge in [-0.3, -0.25) is 4.90 Å². The predicted molar refractivity (Wildman–Crippen MR) is 84.9 cm³/mol. The lowest BCUT2D eigenvalue weighted by Gasteiger charge is -2.41. The zero-order chi connectivity index (χ0) is 13.8. The van der Waals surface area contributed by atoms with Gasteiger partial charge in [0.2, 0.25) is 0 Å². The molecule has 0 amide bonds. The minimum atomic E-state index is 0.651. The summed E-state index contributed by atoms with van der Waals surface area (Å²) in [6, 6.07) is 9.96. The second kappa shape index (κ2) is 6.73. The molecule has 1 unspecified atom stereocenters. The smallest absolute Gasteiger partial charge is 0.0377 e. The van der Waals surface area contributed by atoms with E-state index in [1.54, 1.807) is 5.56 Å². The maximum Gasteiger partial charge on any atom is 0.0377 e. The summed E-state index contributed by atoms with van der Waals surface area (Å²) < 4.78 is 0. The van der Waals surface area contributed by atoms with E-state index in [2.05, 4.69) is 41.4 Å². The van der Waals surface area contributed by atoms with Crippen molar-refractivity contribution >= 4 is 0 Å². The van der Waals surface area contributed by atoms with E-state index in [1.165, 1.54) is 63.8 Å². The predicted octanol–water partition coefficient (Wildman–Crippen LogP) is 3.52. The average Bonchev–Trinajstić information content (AvgIpc) is 2.52. The van der Waals surface area contributed by atoms with E-state index < -0.39 is 0 Å². The van der Waals surface area contributed by atoms with Crippen molar-refractivity contribution in [2.75, 3.05) is 26.2 Å². The zero-order valence-electron chi connectivity index (χ0n) is 12.8. The molecular formula is C18H28N2. The molecule has 0 saturated carbocycles. The third kappa shape index (κ3) is 3.24. The molecule has 2 aliphatic rings. The third-order valence-corrected chi connectivity index (χ3v) is 5.03. The van der Waals surface area contributed by atoms with Crippen LogP contribution >= 0.6 is 0 Å². The van der Waals surface area contributed by atoms with Crippen molar-refractivity contribution in [1.82, 2.24) is 10.2 Å². The van der Waals surface area contributed by atoms with Gasteiger partial charge in [-0.05, 0) is 70.3 Å². The van der Waals surface area contributed by atoms with E-state index in [0.29, 0.717) is 6.04 Å². The fraction of sp³-hybridized carbons (Fsp3) is 0.667. The summed E-state index contributed by atoms with van der Waals surface area (Å²) >= 11 is 0. The van der Waals surface area contributed by atoms with Crippen LogP contribution in [0, 0.1) is 12.8 Å². The molecule has 2 aliphatic heterocycles. The zero-order valence-corrected chi connectivity index (χ0v) is 12.8. The Hall–Kier alpha value is -0.860. The van der Waals surface area contributed by atoms with Gasteiger partial charge in [0.15, 0.2) is 0 Å². The van der Waals surface area contributed by atoms with Gasteiger partial charge in [-0.2, -0.15) is 0 Å². The number of hydrogen-bond donors (Lipinski definition) is 1. The lowest BCUT2D eigenvalue weighted by molar-refractivity contribution is 0.0999. The Balaban J connectivity index is 1.83. The van der Waals surface area contributed by atoms with E-state index in [0.717, 1.165) is 5.92 Å². The Labute approximate surface area is 123 Å². The molecule has 20 heavy (non-hydrogen) atoms. The molecule has 0 radical (unpaired) electrons. The third-order valence-electron chi connectivity index (χ3n) is 5.03. The van der Waals surface area contributed by atoms with Crippen LogP contribution in [-0.2, 0) is 0 Å². The number of piperidine rings is 2. The highest BCUT2D eigenvalue weighted by Crippen LogP contribution is 2.35. The van der Waals surface area contributed by atoms with Gasteiger partial charge >= 0.3 is 0 Å². The Morgan fingerprint density at radius 3 is 2.30 bits per heavy atom. The van der Waals surface area contributed by atoms with Crippen molar-refractivity contribution in [3.8, 4) is 0 Å². The molecule has 2 fully saturated rings. The molecule has 1 atom stereocenters. The topological polar surface area (TPSA) is 15.3 Å². The summed E-state index contributed by atoms with van der Waals surface area (Å²) in [6.45, 7) is 7.16. The molecule has 0 aromatic heterocycles. The average molecular weight is 272 g/mol. The van der Waals surface area contributed by atoms with Gasteiger partial charge < -0.3 is 5.32 Å². The standard InChI is InChI=1S/C18H28N2/c1-15-5-7-16(8-6-15)18(17-9-11-19-12-10-17)20-13-3-2-4-14-20/h5-8,17-19H,2-4,9-14H2,1H3. The molecular weight excluding hydrogens is 244 g/mol. The maximum absolute atomic E-state index is 3.51. The Morgan fingerprint density at radius 2 is 1.65 bits per heavy atom. The second-order valence-electron chi connectivity index (χ2n) is 6.54. The number of hydrogen-bond acceptors (Lipinski definition) is 2. The molecule has 3 rings (SSSR count). The van der Waals surface area contributed by atoms with Crippen LogP contribution in [0.2, 0.25) is 0 Å². The van der Waals surface area contributed by atoms with Crippen LogP contribution in [0.3, 0.4) is 0 Å². The Bertz CT molecular complexity index is 382. The van der Waals surface area contributed by atoms with Crippen molar-refractivity contribution in [3.05, 3.63) is 35.4 Å². The fourth-order valence-corrected chi connectivity index (χ4v) is 3.90. The van der Waals surface area contributed by atoms with Gasteiger partial charge in [0.25, 0.3) is 0 Å². The van der Waals surface area contributed by atoms with Gasteiger partial charge in [-0.1, -0.05) is 36.2 Å². The first-order valence-electron chi connectivity index (χ1n) is 8.36. The number of nitrogens with one attached hydrogen (secondary N) is 1. The highest BCUT2D eigenvalue weighted by Gasteiger charge is 2.30. The van der Waals surface area contributed by atoms with Crippen molar-refractivity contribution in [3.63, 3.8) is 0 Å². The number of aryl methyl sites for hydroxylation is 1. The van der Waals surface area contributed by atoms with Crippen molar-refractivity contribution in [2.24, 2.45) is 5.92 Å². The van der Waals surface area contributed by atoms with Crippen molar-refractivity contribution < 1.29 is 0 Å². The van der Waals surface area contributed by atoms with E-state index in [4.69, 9.17) is 0 Å². The van der Waals surface area contributed by atoms with Gasteiger partial charge in [0.05, 0.1) is 0 Å². The minimum Gasteiger partial charge on any atom is -0.317 e. The molecule has 1 aromatic rings. The van der Waals surface area contributed by atoms with E-state index in [9.17, 15) is 0 Å². The van der Waals surface area contributed by atoms with E-state index in [-0.39, 0.29) is 0 Å². The minimum absolute atomic E-state index is 0.651. The largest absolute Gasteiger partial charge is 0.317 e. The molecule has 2 heterocycles. The molecule has 0 bridgehead atoms. The molecule has 1 N–H and O–H groups in total. The lowest BCUT2D eigenvalue weighted by atomic mass is 9.84.